The lowest BCUT2D eigenvalue weighted by molar-refractivity contribution is -0.913. The second kappa shape index (κ2) is 6.37. The van der Waals surface area contributed by atoms with Crippen LogP contribution in [0.25, 0.3) is 0 Å². The van der Waals surface area contributed by atoms with Crippen LogP contribution < -0.4 is 5.32 Å². The van der Waals surface area contributed by atoms with Gasteiger partial charge in [0.05, 0.1) is 20.1 Å². The van der Waals surface area contributed by atoms with E-state index in [4.69, 9.17) is 11.6 Å². The number of amides is 1. The maximum absolute atomic E-state index is 12.8. The summed E-state index contributed by atoms with van der Waals surface area (Å²) >= 11 is 6.06. The van der Waals surface area contributed by atoms with Gasteiger partial charge in [0.2, 0.25) is 0 Å². The Hall–Kier alpha value is -1.06. The van der Waals surface area contributed by atoms with E-state index in [1.54, 1.807) is 0 Å². The van der Waals surface area contributed by atoms with Gasteiger partial charge in [-0.3, -0.25) is 4.79 Å². The fraction of sp³-hybridized carbons (Fsp3) is 0.588. The lowest BCUT2D eigenvalue weighted by atomic mass is 10.1. The van der Waals surface area contributed by atoms with E-state index in [1.165, 1.54) is 12.8 Å². The van der Waals surface area contributed by atoms with Crippen molar-refractivity contribution in [2.75, 3.05) is 25.5 Å². The van der Waals surface area contributed by atoms with Crippen molar-refractivity contribution >= 4 is 23.2 Å². The predicted molar refractivity (Wildman–Crippen MR) is 88.8 cm³/mol. The molecular formula is C17H26ClN2O+. The molecule has 1 aromatic carbocycles. The molecule has 0 radical (unpaired) electrons. The summed E-state index contributed by atoms with van der Waals surface area (Å²) in [6, 6.07) is 3.83. The summed E-state index contributed by atoms with van der Waals surface area (Å²) in [4.78, 5) is 12.8. The number of nitrogens with zero attached hydrogens (tertiary/aromatic N) is 1. The van der Waals surface area contributed by atoms with Crippen molar-refractivity contribution in [2.45, 2.75) is 46.1 Å². The minimum atomic E-state index is 0.0296. The quantitative estimate of drug-likeness (QED) is 0.839. The van der Waals surface area contributed by atoms with E-state index in [0.717, 1.165) is 40.8 Å². The molecule has 1 aliphatic rings. The Kier molecular flexibility index (Phi) is 4.95. The topological polar surface area (TPSA) is 29.1 Å². The number of anilines is 1. The number of carbonyl (C=O) groups is 1. The van der Waals surface area contributed by atoms with Crippen LogP contribution in [0.15, 0.2) is 12.1 Å². The molecular weight excluding hydrogens is 284 g/mol. The number of nitrogens with one attached hydrogen (secondary N) is 1. The monoisotopic (exact) mass is 309 g/mol. The number of likely N-dealkylation sites (N-methyl/N-ethyl adjacent to an activating group) is 1. The Bertz CT molecular complexity index is 513. The molecule has 0 aromatic heterocycles. The van der Waals surface area contributed by atoms with E-state index < -0.39 is 0 Å². The largest absolute Gasteiger partial charge is 0.320 e. The molecule has 1 N–H and O–H groups in total. The first-order chi connectivity index (χ1) is 9.87. The molecule has 21 heavy (non-hydrogen) atoms. The van der Waals surface area contributed by atoms with Crippen molar-refractivity contribution in [1.82, 2.24) is 0 Å². The van der Waals surface area contributed by atoms with Crippen molar-refractivity contribution in [1.29, 1.82) is 0 Å². The third-order valence-electron chi connectivity index (χ3n) is 4.78. The predicted octanol–water partition coefficient (Wildman–Crippen LogP) is 3.91. The molecule has 0 saturated carbocycles. The van der Waals surface area contributed by atoms with Crippen molar-refractivity contribution in [3.8, 4) is 0 Å². The molecule has 0 bridgehead atoms. The zero-order valence-corrected chi connectivity index (χ0v) is 14.3. The average molecular weight is 310 g/mol. The molecule has 2 rings (SSSR count). The second-order valence-corrected chi connectivity index (χ2v) is 6.90. The number of quaternary nitrogens is 1. The summed E-state index contributed by atoms with van der Waals surface area (Å²) in [6.45, 7) is 8.28. The van der Waals surface area contributed by atoms with Crippen LogP contribution in [0.2, 0.25) is 5.02 Å². The molecule has 1 heterocycles. The SMILES string of the molecule is CCC(C(=O)Nc1c(C)cc(Cl)cc1C)[N+]1(C)CCCC1. The fourth-order valence-electron chi connectivity index (χ4n) is 3.59. The summed E-state index contributed by atoms with van der Waals surface area (Å²) in [5.74, 6) is 0.135. The fourth-order valence-corrected chi connectivity index (χ4v) is 3.92. The smallest absolute Gasteiger partial charge is 0.282 e. The van der Waals surface area contributed by atoms with E-state index in [2.05, 4.69) is 19.3 Å². The molecule has 116 valence electrons. The molecule has 1 saturated heterocycles. The van der Waals surface area contributed by atoms with Crippen LogP contribution in [0.4, 0.5) is 5.69 Å². The van der Waals surface area contributed by atoms with Crippen LogP contribution in [0.1, 0.15) is 37.3 Å². The highest BCUT2D eigenvalue weighted by Gasteiger charge is 2.39. The second-order valence-electron chi connectivity index (χ2n) is 6.46. The van der Waals surface area contributed by atoms with Gasteiger partial charge in [0.25, 0.3) is 5.91 Å². The molecule has 1 atom stereocenters. The van der Waals surface area contributed by atoms with E-state index in [1.807, 2.05) is 26.0 Å². The number of likely N-dealkylation sites (tertiary alicyclic amines) is 1. The van der Waals surface area contributed by atoms with E-state index in [-0.39, 0.29) is 11.9 Å². The normalized spacial score (nSPS) is 18.5. The summed E-state index contributed by atoms with van der Waals surface area (Å²) < 4.78 is 0.869. The molecule has 1 fully saturated rings. The van der Waals surface area contributed by atoms with Crippen LogP contribution in [0, 0.1) is 13.8 Å². The van der Waals surface area contributed by atoms with Gasteiger partial charge in [-0.1, -0.05) is 18.5 Å². The van der Waals surface area contributed by atoms with Crippen LogP contribution in [-0.4, -0.2) is 36.6 Å². The molecule has 3 nitrogen and oxygen atoms in total. The van der Waals surface area contributed by atoms with Crippen LogP contribution >= 0.6 is 11.6 Å². The Morgan fingerprint density at radius 2 is 1.81 bits per heavy atom. The molecule has 0 aliphatic carbocycles. The Labute approximate surface area is 132 Å². The maximum Gasteiger partial charge on any atom is 0.282 e. The lowest BCUT2D eigenvalue weighted by Crippen LogP contribution is -2.55. The van der Waals surface area contributed by atoms with Crippen molar-refractivity contribution < 1.29 is 9.28 Å². The Morgan fingerprint density at radius 3 is 2.29 bits per heavy atom. The van der Waals surface area contributed by atoms with Gasteiger partial charge in [0.1, 0.15) is 0 Å². The third kappa shape index (κ3) is 3.41. The van der Waals surface area contributed by atoms with Gasteiger partial charge in [-0.2, -0.15) is 0 Å². The van der Waals surface area contributed by atoms with Gasteiger partial charge >= 0.3 is 0 Å². The maximum atomic E-state index is 12.8. The molecule has 1 unspecified atom stereocenters. The van der Waals surface area contributed by atoms with E-state index in [9.17, 15) is 4.79 Å². The molecule has 4 heteroatoms. The molecule has 1 amide bonds. The van der Waals surface area contributed by atoms with Crippen molar-refractivity contribution in [2.24, 2.45) is 0 Å². The van der Waals surface area contributed by atoms with Crippen LogP contribution in [0.5, 0.6) is 0 Å². The first-order valence-corrected chi connectivity index (χ1v) is 8.17. The van der Waals surface area contributed by atoms with Gasteiger partial charge in [-0.15, -0.1) is 0 Å². The highest BCUT2D eigenvalue weighted by molar-refractivity contribution is 6.30. The van der Waals surface area contributed by atoms with E-state index in [0.29, 0.717) is 5.02 Å². The summed E-state index contributed by atoms with van der Waals surface area (Å²) in [6.07, 6.45) is 3.31. The number of carbonyl (C=O) groups excluding carboxylic acids is 1. The Morgan fingerprint density at radius 1 is 1.29 bits per heavy atom. The number of hydrogen-bond donors (Lipinski definition) is 1. The van der Waals surface area contributed by atoms with Crippen molar-refractivity contribution in [3.05, 3.63) is 28.3 Å². The standard InChI is InChI=1S/C17H25ClN2O/c1-5-15(20(4)8-6-7-9-20)17(21)19-16-12(2)10-14(18)11-13(16)3/h10-11,15H,5-9H2,1-4H3/p+1. The number of aryl methyl sites for hydroxylation is 2. The molecule has 1 aromatic rings. The van der Waals surface area contributed by atoms with E-state index >= 15 is 0 Å². The average Bonchev–Trinajstić information content (AvgIpc) is 2.82. The van der Waals surface area contributed by atoms with Gasteiger partial charge in [-0.05, 0) is 37.1 Å². The first kappa shape index (κ1) is 16.3. The highest BCUT2D eigenvalue weighted by Crippen LogP contribution is 2.27. The zero-order valence-electron chi connectivity index (χ0n) is 13.5. The molecule has 1 aliphatic heterocycles. The number of halogens is 1. The highest BCUT2D eigenvalue weighted by atomic mass is 35.5. The number of benzene rings is 1. The summed E-state index contributed by atoms with van der Waals surface area (Å²) in [5.41, 5.74) is 2.95. The first-order valence-electron chi connectivity index (χ1n) is 7.79. The summed E-state index contributed by atoms with van der Waals surface area (Å²) in [7, 11) is 2.21. The minimum Gasteiger partial charge on any atom is -0.320 e. The van der Waals surface area contributed by atoms with Crippen LogP contribution in [-0.2, 0) is 4.79 Å². The lowest BCUT2D eigenvalue weighted by Gasteiger charge is -2.36. The van der Waals surface area contributed by atoms with Crippen molar-refractivity contribution in [3.63, 3.8) is 0 Å². The minimum absolute atomic E-state index is 0.0296. The third-order valence-corrected chi connectivity index (χ3v) is 4.99. The van der Waals surface area contributed by atoms with Gasteiger partial charge in [0.15, 0.2) is 6.04 Å². The number of rotatable bonds is 4. The number of hydrogen-bond acceptors (Lipinski definition) is 1. The molecule has 0 spiro atoms. The van der Waals surface area contributed by atoms with Crippen LogP contribution in [0.3, 0.4) is 0 Å². The Balaban J connectivity index is 2.20. The van der Waals surface area contributed by atoms with Gasteiger partial charge < -0.3 is 9.80 Å². The summed E-state index contributed by atoms with van der Waals surface area (Å²) in [5, 5.41) is 3.86. The van der Waals surface area contributed by atoms with Gasteiger partial charge in [0, 0.05) is 30.0 Å². The van der Waals surface area contributed by atoms with Gasteiger partial charge in [-0.25, -0.2) is 0 Å². The zero-order chi connectivity index (χ0) is 15.6.